The lowest BCUT2D eigenvalue weighted by Crippen LogP contribution is -2.33. The monoisotopic (exact) mass is 371 g/mol. The minimum atomic E-state index is -0.857. The van der Waals surface area contributed by atoms with Crippen molar-refractivity contribution in [1.82, 2.24) is 9.99 Å². The van der Waals surface area contributed by atoms with Crippen LogP contribution in [0.15, 0.2) is 35.4 Å². The van der Waals surface area contributed by atoms with E-state index in [0.29, 0.717) is 13.2 Å². The second-order valence-electron chi connectivity index (χ2n) is 6.66. The molecule has 3 rings (SSSR count). The van der Waals surface area contributed by atoms with Crippen molar-refractivity contribution < 1.29 is 19.0 Å². The normalized spacial score (nSPS) is 16.0. The molecule has 1 aliphatic heterocycles. The summed E-state index contributed by atoms with van der Waals surface area (Å²) in [4.78, 5) is 12.0. The summed E-state index contributed by atoms with van der Waals surface area (Å²) < 4.78 is 18.2. The van der Waals surface area contributed by atoms with E-state index in [1.165, 1.54) is 0 Å². The summed E-state index contributed by atoms with van der Waals surface area (Å²) in [5.74, 6) is -0.293. The van der Waals surface area contributed by atoms with E-state index in [2.05, 4.69) is 15.1 Å². The van der Waals surface area contributed by atoms with E-state index in [4.69, 9.17) is 14.2 Å². The fourth-order valence-corrected chi connectivity index (χ4v) is 3.21. The summed E-state index contributed by atoms with van der Waals surface area (Å²) in [5, 5.41) is 4.08. The maximum atomic E-state index is 12.0. The number of ether oxygens (including phenoxy) is 3. The Hall–Kier alpha value is -2.64. The third-order valence-corrected chi connectivity index (χ3v) is 4.57. The van der Waals surface area contributed by atoms with Gasteiger partial charge >= 0.3 is 0 Å². The van der Waals surface area contributed by atoms with Gasteiger partial charge in [-0.1, -0.05) is 0 Å². The highest BCUT2D eigenvalue weighted by Gasteiger charge is 2.33. The van der Waals surface area contributed by atoms with Crippen molar-refractivity contribution in [3.8, 4) is 11.4 Å². The number of carbonyl (C=O) groups is 1. The predicted octanol–water partition coefficient (Wildman–Crippen LogP) is 2.71. The van der Waals surface area contributed by atoms with Crippen molar-refractivity contribution in [3.63, 3.8) is 0 Å². The van der Waals surface area contributed by atoms with Crippen LogP contribution >= 0.6 is 0 Å². The average molecular weight is 371 g/mol. The molecule has 1 aromatic heterocycles. The van der Waals surface area contributed by atoms with Gasteiger partial charge < -0.3 is 18.8 Å². The van der Waals surface area contributed by atoms with Crippen molar-refractivity contribution in [3.05, 3.63) is 47.3 Å². The smallest absolute Gasteiger partial charge is 0.245 e. The Labute approximate surface area is 158 Å². The zero-order chi connectivity index (χ0) is 19.4. The third kappa shape index (κ3) is 4.37. The number of methoxy groups -OCH3 is 1. The van der Waals surface area contributed by atoms with Gasteiger partial charge in [0.1, 0.15) is 5.75 Å². The highest BCUT2D eigenvalue weighted by Crippen LogP contribution is 2.23. The molecule has 1 saturated heterocycles. The SMILES string of the molecule is COc1ccc(-n2c(C)cc(/C=N\NC(=O)CC3(C)OCCO3)c2C)cc1. The molecule has 0 saturated carbocycles. The quantitative estimate of drug-likeness (QED) is 0.626. The van der Waals surface area contributed by atoms with Crippen LogP contribution in [0.25, 0.3) is 5.69 Å². The number of hydrazone groups is 1. The summed E-state index contributed by atoms with van der Waals surface area (Å²) in [6.07, 6.45) is 1.76. The Morgan fingerprint density at radius 3 is 2.59 bits per heavy atom. The minimum absolute atomic E-state index is 0.106. The summed E-state index contributed by atoms with van der Waals surface area (Å²) in [7, 11) is 1.65. The van der Waals surface area contributed by atoms with Gasteiger partial charge in [0, 0.05) is 22.6 Å². The number of rotatable bonds is 6. The molecular formula is C20H25N3O4. The standard InChI is InChI=1S/C20H25N3O4/c1-14-11-16(13-21-22-19(24)12-20(3)26-9-10-27-20)15(2)23(14)17-5-7-18(25-4)8-6-17/h5-8,11,13H,9-10,12H2,1-4H3,(H,22,24)/b21-13-. The first-order valence-corrected chi connectivity index (χ1v) is 8.85. The number of nitrogens with one attached hydrogen (secondary N) is 1. The molecule has 2 aromatic rings. The molecule has 0 bridgehead atoms. The predicted molar refractivity (Wildman–Crippen MR) is 102 cm³/mol. The Morgan fingerprint density at radius 1 is 1.30 bits per heavy atom. The molecule has 1 fully saturated rings. The lowest BCUT2D eigenvalue weighted by atomic mass is 10.2. The molecule has 0 aliphatic carbocycles. The molecular weight excluding hydrogens is 346 g/mol. The van der Waals surface area contributed by atoms with E-state index in [1.54, 1.807) is 20.2 Å². The van der Waals surface area contributed by atoms with Crippen molar-refractivity contribution in [2.45, 2.75) is 33.0 Å². The van der Waals surface area contributed by atoms with Gasteiger partial charge in [-0.2, -0.15) is 5.10 Å². The van der Waals surface area contributed by atoms with Crippen LogP contribution in [0.2, 0.25) is 0 Å². The molecule has 2 heterocycles. The zero-order valence-corrected chi connectivity index (χ0v) is 16.1. The molecule has 1 amide bonds. The second-order valence-corrected chi connectivity index (χ2v) is 6.66. The number of benzene rings is 1. The molecule has 7 nitrogen and oxygen atoms in total. The van der Waals surface area contributed by atoms with E-state index < -0.39 is 5.79 Å². The summed E-state index contributed by atoms with van der Waals surface area (Å²) >= 11 is 0. The molecule has 27 heavy (non-hydrogen) atoms. The number of nitrogens with zero attached hydrogens (tertiary/aromatic N) is 2. The van der Waals surface area contributed by atoms with Gasteiger partial charge in [-0.05, 0) is 51.1 Å². The first kappa shape index (κ1) is 19.1. The summed E-state index contributed by atoms with van der Waals surface area (Å²) in [6.45, 7) is 6.81. The van der Waals surface area contributed by atoms with Gasteiger partial charge in [0.2, 0.25) is 5.91 Å². The second kappa shape index (κ2) is 7.94. The number of aryl methyl sites for hydroxylation is 1. The van der Waals surface area contributed by atoms with Crippen LogP contribution in [0.4, 0.5) is 0 Å². The van der Waals surface area contributed by atoms with Crippen LogP contribution in [-0.2, 0) is 14.3 Å². The first-order chi connectivity index (χ1) is 12.9. The first-order valence-electron chi connectivity index (χ1n) is 8.85. The number of hydrogen-bond acceptors (Lipinski definition) is 5. The Kier molecular flexibility index (Phi) is 5.62. The summed E-state index contributed by atoms with van der Waals surface area (Å²) in [5.41, 5.74) is 6.62. The molecule has 0 unspecified atom stereocenters. The fraction of sp³-hybridized carbons (Fsp3) is 0.400. The maximum Gasteiger partial charge on any atom is 0.245 e. The molecule has 144 valence electrons. The Morgan fingerprint density at radius 2 is 1.96 bits per heavy atom. The Bertz CT molecular complexity index is 834. The highest BCUT2D eigenvalue weighted by atomic mass is 16.7. The molecule has 1 N–H and O–H groups in total. The van der Waals surface area contributed by atoms with Crippen molar-refractivity contribution >= 4 is 12.1 Å². The molecule has 0 radical (unpaired) electrons. The topological polar surface area (TPSA) is 74.1 Å². The van der Waals surface area contributed by atoms with Crippen molar-refractivity contribution in [2.24, 2.45) is 5.10 Å². The van der Waals surface area contributed by atoms with Gasteiger partial charge in [-0.3, -0.25) is 4.79 Å². The van der Waals surface area contributed by atoms with Crippen LogP contribution in [0, 0.1) is 13.8 Å². The maximum absolute atomic E-state index is 12.0. The molecule has 1 aromatic carbocycles. The van der Waals surface area contributed by atoms with Crippen LogP contribution in [0.3, 0.4) is 0 Å². The number of aromatic nitrogens is 1. The van der Waals surface area contributed by atoms with Gasteiger partial charge in [-0.15, -0.1) is 0 Å². The number of carbonyl (C=O) groups excluding carboxylic acids is 1. The van der Waals surface area contributed by atoms with Gasteiger partial charge in [0.05, 0.1) is 33.0 Å². The van der Waals surface area contributed by atoms with Crippen LogP contribution < -0.4 is 10.2 Å². The van der Waals surface area contributed by atoms with Crippen LogP contribution in [-0.4, -0.2) is 42.8 Å². The van der Waals surface area contributed by atoms with Crippen molar-refractivity contribution in [2.75, 3.05) is 20.3 Å². The lowest BCUT2D eigenvalue weighted by molar-refractivity contribution is -0.159. The number of amides is 1. The lowest BCUT2D eigenvalue weighted by Gasteiger charge is -2.20. The average Bonchev–Trinajstić information content (AvgIpc) is 3.18. The molecule has 7 heteroatoms. The Balaban J connectivity index is 1.68. The number of hydrogen-bond donors (Lipinski definition) is 1. The van der Waals surface area contributed by atoms with Crippen LogP contribution in [0.5, 0.6) is 5.75 Å². The van der Waals surface area contributed by atoms with E-state index in [9.17, 15) is 4.79 Å². The molecule has 0 atom stereocenters. The highest BCUT2D eigenvalue weighted by molar-refractivity contribution is 5.84. The van der Waals surface area contributed by atoms with E-state index >= 15 is 0 Å². The van der Waals surface area contributed by atoms with Gasteiger partial charge in [0.25, 0.3) is 0 Å². The fourth-order valence-electron chi connectivity index (χ4n) is 3.21. The third-order valence-electron chi connectivity index (χ3n) is 4.57. The molecule has 0 spiro atoms. The van der Waals surface area contributed by atoms with E-state index in [0.717, 1.165) is 28.4 Å². The zero-order valence-electron chi connectivity index (χ0n) is 16.1. The summed E-state index contributed by atoms with van der Waals surface area (Å²) in [6, 6.07) is 9.89. The van der Waals surface area contributed by atoms with E-state index in [1.807, 2.05) is 44.2 Å². The van der Waals surface area contributed by atoms with Crippen LogP contribution in [0.1, 0.15) is 30.3 Å². The van der Waals surface area contributed by atoms with Gasteiger partial charge in [0.15, 0.2) is 5.79 Å². The van der Waals surface area contributed by atoms with Gasteiger partial charge in [-0.25, -0.2) is 5.43 Å². The molecule has 1 aliphatic rings. The van der Waals surface area contributed by atoms with Crippen molar-refractivity contribution in [1.29, 1.82) is 0 Å². The van der Waals surface area contributed by atoms with E-state index in [-0.39, 0.29) is 12.3 Å². The minimum Gasteiger partial charge on any atom is -0.497 e. The largest absolute Gasteiger partial charge is 0.497 e.